The third kappa shape index (κ3) is 6.29. The molecule has 2 heterocycles. The summed E-state index contributed by atoms with van der Waals surface area (Å²) in [6.07, 6.45) is 0. The summed E-state index contributed by atoms with van der Waals surface area (Å²) in [6.45, 7) is 13.3. The molecule has 0 aliphatic carbocycles. The highest BCUT2D eigenvalue weighted by Crippen LogP contribution is 2.46. The molecular formula is C58H48N2O2. The number of para-hydroxylation sites is 2. The van der Waals surface area contributed by atoms with Gasteiger partial charge in [-0.05, 0) is 155 Å². The molecule has 62 heavy (non-hydrogen) atoms. The molecule has 0 N–H and O–H groups in total. The number of fused-ring (bicyclic) bond motifs is 9. The quantitative estimate of drug-likeness (QED) is 0.153. The van der Waals surface area contributed by atoms with Crippen LogP contribution in [0.5, 0.6) is 0 Å². The van der Waals surface area contributed by atoms with Gasteiger partial charge in [-0.1, -0.05) is 112 Å². The maximum Gasteiger partial charge on any atom is 0.136 e. The normalized spacial score (nSPS) is 12.0. The van der Waals surface area contributed by atoms with E-state index in [-0.39, 0.29) is 0 Å². The van der Waals surface area contributed by atoms with Crippen molar-refractivity contribution < 1.29 is 8.83 Å². The second kappa shape index (κ2) is 14.7. The minimum atomic E-state index is 0.369. The Morgan fingerprint density at radius 2 is 0.742 bits per heavy atom. The first kappa shape index (κ1) is 37.7. The first-order chi connectivity index (χ1) is 30.2. The molecule has 4 heteroatoms. The molecule has 4 nitrogen and oxygen atoms in total. The van der Waals surface area contributed by atoms with Crippen molar-refractivity contribution >= 4 is 99.5 Å². The standard InChI is InChI=1S/C58H48N2O2/c1-35(2)47-11-7-9-13-51(47)59(43-21-15-37(5)16-22-43)45-25-19-39-31-49-55(33-41(39)29-45)61-53-27-28-54-58(57(49)53)50-32-40-20-26-46(30-42(40)34-56(50)62-54)60(44-23-17-38(6)18-24-44)52-14-10-8-12-48(52)36(3)4/h7-36H,1-6H3. The number of hydrogen-bond donors (Lipinski definition) is 0. The Hall–Kier alpha value is -7.30. The molecule has 2 aromatic heterocycles. The molecular weight excluding hydrogens is 757 g/mol. The summed E-state index contributed by atoms with van der Waals surface area (Å²) >= 11 is 0. The first-order valence-electron chi connectivity index (χ1n) is 21.8. The molecule has 11 aromatic rings. The fourth-order valence-corrected chi connectivity index (χ4v) is 9.47. The molecule has 0 saturated heterocycles. The zero-order valence-corrected chi connectivity index (χ0v) is 36.0. The Labute approximate surface area is 362 Å². The van der Waals surface area contributed by atoms with Crippen molar-refractivity contribution in [1.82, 2.24) is 0 Å². The maximum atomic E-state index is 6.71. The van der Waals surface area contributed by atoms with E-state index in [4.69, 9.17) is 8.83 Å². The largest absolute Gasteiger partial charge is 0.456 e. The number of nitrogens with zero attached hydrogens (tertiary/aromatic N) is 2. The van der Waals surface area contributed by atoms with E-state index in [1.54, 1.807) is 0 Å². The molecule has 0 fully saturated rings. The lowest BCUT2D eigenvalue weighted by molar-refractivity contribution is 0.663. The summed E-state index contributed by atoms with van der Waals surface area (Å²) in [6, 6.07) is 61.8. The van der Waals surface area contributed by atoms with Crippen LogP contribution in [-0.4, -0.2) is 0 Å². The highest BCUT2D eigenvalue weighted by Gasteiger charge is 2.22. The van der Waals surface area contributed by atoms with E-state index in [2.05, 4.69) is 221 Å². The average Bonchev–Trinajstić information content (AvgIpc) is 3.83. The fourth-order valence-electron chi connectivity index (χ4n) is 9.47. The van der Waals surface area contributed by atoms with Crippen molar-refractivity contribution in [2.24, 2.45) is 0 Å². The van der Waals surface area contributed by atoms with Crippen LogP contribution < -0.4 is 9.80 Å². The highest BCUT2D eigenvalue weighted by molar-refractivity contribution is 6.28. The molecule has 0 aliphatic heterocycles. The topological polar surface area (TPSA) is 32.8 Å². The fraction of sp³-hybridized carbons (Fsp3) is 0.138. The molecule has 0 atom stereocenters. The zero-order valence-electron chi connectivity index (χ0n) is 36.0. The molecule has 0 saturated carbocycles. The smallest absolute Gasteiger partial charge is 0.136 e. The number of furan rings is 2. The van der Waals surface area contributed by atoms with Crippen molar-refractivity contribution in [2.75, 3.05) is 9.80 Å². The van der Waals surface area contributed by atoms with Crippen molar-refractivity contribution in [3.63, 3.8) is 0 Å². The summed E-state index contributed by atoms with van der Waals surface area (Å²) in [7, 11) is 0. The van der Waals surface area contributed by atoms with Crippen LogP contribution in [0.3, 0.4) is 0 Å². The van der Waals surface area contributed by atoms with E-state index in [1.165, 1.54) is 33.6 Å². The average molecular weight is 805 g/mol. The van der Waals surface area contributed by atoms with Gasteiger partial charge in [0.05, 0.1) is 0 Å². The lowest BCUT2D eigenvalue weighted by atomic mass is 9.98. The maximum absolute atomic E-state index is 6.71. The van der Waals surface area contributed by atoms with E-state index in [9.17, 15) is 0 Å². The molecule has 11 rings (SSSR count). The molecule has 0 bridgehead atoms. The van der Waals surface area contributed by atoms with Gasteiger partial charge in [0.2, 0.25) is 0 Å². The van der Waals surface area contributed by atoms with Crippen molar-refractivity contribution in [3.8, 4) is 0 Å². The molecule has 0 unspecified atom stereocenters. The number of aryl methyl sites for hydroxylation is 2. The van der Waals surface area contributed by atoms with Crippen LogP contribution >= 0.6 is 0 Å². The van der Waals surface area contributed by atoms with E-state index < -0.39 is 0 Å². The third-order valence-electron chi connectivity index (χ3n) is 12.7. The minimum absolute atomic E-state index is 0.369. The van der Waals surface area contributed by atoms with Gasteiger partial charge in [-0.25, -0.2) is 0 Å². The van der Waals surface area contributed by atoms with Crippen LogP contribution in [0.1, 0.15) is 61.8 Å². The van der Waals surface area contributed by atoms with Crippen LogP contribution in [0.2, 0.25) is 0 Å². The summed E-state index contributed by atoms with van der Waals surface area (Å²) in [5.74, 6) is 0.737. The Morgan fingerprint density at radius 3 is 1.15 bits per heavy atom. The van der Waals surface area contributed by atoms with E-state index >= 15 is 0 Å². The SMILES string of the molecule is Cc1ccc(N(c2ccc3cc4c(cc3c2)oc2ccc3oc5cc6cc(N(c7ccc(C)cc7)c7ccccc7C(C)C)ccc6cc5c3c24)c2ccccc2C(C)C)cc1. The van der Waals surface area contributed by atoms with Crippen LogP contribution in [0.4, 0.5) is 34.1 Å². The summed E-state index contributed by atoms with van der Waals surface area (Å²) in [5, 5.41) is 8.90. The van der Waals surface area contributed by atoms with Gasteiger partial charge in [0.25, 0.3) is 0 Å². The minimum Gasteiger partial charge on any atom is -0.456 e. The lowest BCUT2D eigenvalue weighted by Crippen LogP contribution is -2.12. The Morgan fingerprint density at radius 1 is 0.355 bits per heavy atom. The van der Waals surface area contributed by atoms with Gasteiger partial charge in [-0.3, -0.25) is 0 Å². The monoisotopic (exact) mass is 804 g/mol. The van der Waals surface area contributed by atoms with Gasteiger partial charge in [-0.15, -0.1) is 0 Å². The number of anilines is 6. The Balaban J connectivity index is 1.05. The number of rotatable bonds is 8. The van der Waals surface area contributed by atoms with Crippen LogP contribution in [0.15, 0.2) is 179 Å². The first-order valence-corrected chi connectivity index (χ1v) is 21.8. The lowest BCUT2D eigenvalue weighted by Gasteiger charge is -2.29. The molecule has 302 valence electrons. The number of hydrogen-bond acceptors (Lipinski definition) is 4. The van der Waals surface area contributed by atoms with E-state index in [0.717, 1.165) is 88.2 Å². The Kier molecular flexibility index (Phi) is 8.94. The third-order valence-corrected chi connectivity index (χ3v) is 12.7. The van der Waals surface area contributed by atoms with Crippen molar-refractivity contribution in [3.05, 3.63) is 192 Å². The van der Waals surface area contributed by atoms with E-state index in [1.807, 2.05) is 0 Å². The summed E-state index contributed by atoms with van der Waals surface area (Å²) < 4.78 is 13.4. The van der Waals surface area contributed by atoms with Gasteiger partial charge in [0.15, 0.2) is 0 Å². The predicted molar refractivity (Wildman–Crippen MR) is 263 cm³/mol. The van der Waals surface area contributed by atoms with Gasteiger partial charge < -0.3 is 18.6 Å². The molecule has 0 aliphatic rings. The molecule has 0 amide bonds. The van der Waals surface area contributed by atoms with E-state index in [0.29, 0.717) is 11.8 Å². The second-order valence-corrected chi connectivity index (χ2v) is 17.5. The van der Waals surface area contributed by atoms with Gasteiger partial charge in [0, 0.05) is 55.7 Å². The van der Waals surface area contributed by atoms with Crippen LogP contribution in [-0.2, 0) is 0 Å². The highest BCUT2D eigenvalue weighted by atomic mass is 16.3. The summed E-state index contributed by atoms with van der Waals surface area (Å²) in [5.41, 5.74) is 15.4. The number of benzene rings is 9. The van der Waals surface area contributed by atoms with Gasteiger partial charge in [-0.2, -0.15) is 0 Å². The van der Waals surface area contributed by atoms with Crippen LogP contribution in [0.25, 0.3) is 65.4 Å². The van der Waals surface area contributed by atoms with Crippen molar-refractivity contribution in [1.29, 1.82) is 0 Å². The summed E-state index contributed by atoms with van der Waals surface area (Å²) in [4.78, 5) is 4.77. The Bertz CT molecular complexity index is 3260. The predicted octanol–water partition coefficient (Wildman–Crippen LogP) is 17.6. The molecule has 0 radical (unpaired) electrons. The zero-order chi connectivity index (χ0) is 42.2. The van der Waals surface area contributed by atoms with Crippen LogP contribution in [0, 0.1) is 13.8 Å². The van der Waals surface area contributed by atoms with Crippen molar-refractivity contribution in [2.45, 2.75) is 53.4 Å². The molecule has 9 aromatic carbocycles. The molecule has 0 spiro atoms. The second-order valence-electron chi connectivity index (χ2n) is 17.5. The van der Waals surface area contributed by atoms with Gasteiger partial charge >= 0.3 is 0 Å². The van der Waals surface area contributed by atoms with Gasteiger partial charge in [0.1, 0.15) is 22.3 Å².